The predicted octanol–water partition coefficient (Wildman–Crippen LogP) is 3.65. The molecule has 1 fully saturated rings. The number of piperazine rings is 1. The van der Waals surface area contributed by atoms with E-state index in [0.717, 1.165) is 31.0 Å². The van der Waals surface area contributed by atoms with Gasteiger partial charge in [0.15, 0.2) is 0 Å². The standard InChI is InChI=1S/C21H25N5O/c1-2-3-4-17-5-8-19(9-6-17)24-21(27)26-13-11-25(12-14-26)20-10-7-18(15-22)16-23-20/h5-10,16H,2-4,11-14H2,1H3,(H,24,27). The van der Waals surface area contributed by atoms with E-state index in [1.807, 2.05) is 23.1 Å². The summed E-state index contributed by atoms with van der Waals surface area (Å²) in [6.07, 6.45) is 5.03. The second-order valence-electron chi connectivity index (χ2n) is 6.72. The maximum Gasteiger partial charge on any atom is 0.321 e. The summed E-state index contributed by atoms with van der Waals surface area (Å²) in [5.74, 6) is 0.844. The van der Waals surface area contributed by atoms with Gasteiger partial charge in [-0.3, -0.25) is 0 Å². The number of unbranched alkanes of at least 4 members (excludes halogenated alkanes) is 1. The molecule has 0 aliphatic carbocycles. The van der Waals surface area contributed by atoms with Gasteiger partial charge in [0.1, 0.15) is 11.9 Å². The average Bonchev–Trinajstić information content (AvgIpc) is 2.73. The fraction of sp³-hybridized carbons (Fsp3) is 0.381. The molecule has 2 amide bonds. The van der Waals surface area contributed by atoms with Crippen LogP contribution in [0.4, 0.5) is 16.3 Å². The summed E-state index contributed by atoms with van der Waals surface area (Å²) in [5, 5.41) is 11.8. The Morgan fingerprint density at radius 2 is 1.89 bits per heavy atom. The van der Waals surface area contributed by atoms with Crippen molar-refractivity contribution >= 4 is 17.5 Å². The lowest BCUT2D eigenvalue weighted by Crippen LogP contribution is -2.50. The minimum Gasteiger partial charge on any atom is -0.353 e. The number of benzene rings is 1. The van der Waals surface area contributed by atoms with Crippen LogP contribution in [0.15, 0.2) is 42.6 Å². The van der Waals surface area contributed by atoms with Crippen molar-refractivity contribution in [2.75, 3.05) is 36.4 Å². The number of aromatic nitrogens is 1. The van der Waals surface area contributed by atoms with E-state index in [-0.39, 0.29) is 6.03 Å². The van der Waals surface area contributed by atoms with Crippen LogP contribution in [-0.4, -0.2) is 42.1 Å². The van der Waals surface area contributed by atoms with Crippen LogP contribution in [0.2, 0.25) is 0 Å². The first-order chi connectivity index (χ1) is 13.2. The van der Waals surface area contributed by atoms with Crippen molar-refractivity contribution < 1.29 is 4.79 Å². The lowest BCUT2D eigenvalue weighted by atomic mass is 10.1. The van der Waals surface area contributed by atoms with Gasteiger partial charge in [-0.25, -0.2) is 9.78 Å². The first kappa shape index (κ1) is 18.7. The van der Waals surface area contributed by atoms with E-state index in [1.54, 1.807) is 12.3 Å². The monoisotopic (exact) mass is 363 g/mol. The molecule has 0 saturated carbocycles. The van der Waals surface area contributed by atoms with Crippen LogP contribution in [-0.2, 0) is 6.42 Å². The summed E-state index contributed by atoms with van der Waals surface area (Å²) >= 11 is 0. The number of amides is 2. The predicted molar refractivity (Wildman–Crippen MR) is 107 cm³/mol. The molecule has 6 heteroatoms. The number of aryl methyl sites for hydroxylation is 1. The Balaban J connectivity index is 1.50. The van der Waals surface area contributed by atoms with Gasteiger partial charge in [-0.1, -0.05) is 25.5 Å². The first-order valence-corrected chi connectivity index (χ1v) is 9.45. The zero-order valence-corrected chi connectivity index (χ0v) is 15.7. The molecule has 6 nitrogen and oxygen atoms in total. The third-order valence-corrected chi connectivity index (χ3v) is 4.79. The van der Waals surface area contributed by atoms with Crippen molar-refractivity contribution in [1.82, 2.24) is 9.88 Å². The quantitative estimate of drug-likeness (QED) is 0.880. The summed E-state index contributed by atoms with van der Waals surface area (Å²) in [4.78, 5) is 20.8. The summed E-state index contributed by atoms with van der Waals surface area (Å²) in [6.45, 7) is 4.92. The van der Waals surface area contributed by atoms with Crippen molar-refractivity contribution in [2.24, 2.45) is 0 Å². The van der Waals surface area contributed by atoms with Gasteiger partial charge in [-0.2, -0.15) is 5.26 Å². The van der Waals surface area contributed by atoms with E-state index in [2.05, 4.69) is 40.3 Å². The third-order valence-electron chi connectivity index (χ3n) is 4.79. The Hall–Kier alpha value is -3.07. The Morgan fingerprint density at radius 3 is 2.48 bits per heavy atom. The Labute approximate surface area is 160 Å². The van der Waals surface area contributed by atoms with Gasteiger partial charge in [0.25, 0.3) is 0 Å². The highest BCUT2D eigenvalue weighted by molar-refractivity contribution is 5.89. The molecular formula is C21H25N5O. The highest BCUT2D eigenvalue weighted by atomic mass is 16.2. The maximum absolute atomic E-state index is 12.5. The minimum absolute atomic E-state index is 0.0660. The summed E-state index contributed by atoms with van der Waals surface area (Å²) < 4.78 is 0. The van der Waals surface area contributed by atoms with Gasteiger partial charge in [0.05, 0.1) is 5.56 Å². The molecule has 1 aromatic carbocycles. The van der Waals surface area contributed by atoms with E-state index in [0.29, 0.717) is 18.7 Å². The van der Waals surface area contributed by atoms with E-state index in [1.165, 1.54) is 18.4 Å². The number of nitrogens with one attached hydrogen (secondary N) is 1. The molecule has 0 unspecified atom stereocenters. The molecule has 1 N–H and O–H groups in total. The van der Waals surface area contributed by atoms with Crippen LogP contribution in [0.25, 0.3) is 0 Å². The van der Waals surface area contributed by atoms with Crippen molar-refractivity contribution in [3.05, 3.63) is 53.7 Å². The fourth-order valence-corrected chi connectivity index (χ4v) is 3.12. The Morgan fingerprint density at radius 1 is 1.15 bits per heavy atom. The second-order valence-corrected chi connectivity index (χ2v) is 6.72. The highest BCUT2D eigenvalue weighted by Gasteiger charge is 2.21. The number of carbonyl (C=O) groups is 1. The molecule has 0 bridgehead atoms. The molecule has 1 aliphatic heterocycles. The number of urea groups is 1. The van der Waals surface area contributed by atoms with E-state index in [9.17, 15) is 4.79 Å². The van der Waals surface area contributed by atoms with Gasteiger partial charge in [0, 0.05) is 38.1 Å². The fourth-order valence-electron chi connectivity index (χ4n) is 3.12. The smallest absolute Gasteiger partial charge is 0.321 e. The topological polar surface area (TPSA) is 72.3 Å². The molecular weight excluding hydrogens is 338 g/mol. The second kappa shape index (κ2) is 9.04. The lowest BCUT2D eigenvalue weighted by molar-refractivity contribution is 0.208. The maximum atomic E-state index is 12.5. The molecule has 0 spiro atoms. The molecule has 140 valence electrons. The lowest BCUT2D eigenvalue weighted by Gasteiger charge is -2.35. The average molecular weight is 363 g/mol. The Kier molecular flexibility index (Phi) is 6.26. The van der Waals surface area contributed by atoms with Crippen molar-refractivity contribution in [3.8, 4) is 6.07 Å². The van der Waals surface area contributed by atoms with Crippen LogP contribution < -0.4 is 10.2 Å². The van der Waals surface area contributed by atoms with Crippen LogP contribution in [0.3, 0.4) is 0 Å². The number of hydrogen-bond donors (Lipinski definition) is 1. The normalized spacial score (nSPS) is 13.9. The van der Waals surface area contributed by atoms with Crippen LogP contribution in [0, 0.1) is 11.3 Å². The van der Waals surface area contributed by atoms with Gasteiger partial charge >= 0.3 is 6.03 Å². The number of anilines is 2. The molecule has 0 radical (unpaired) electrons. The third kappa shape index (κ3) is 4.98. The molecule has 27 heavy (non-hydrogen) atoms. The zero-order valence-electron chi connectivity index (χ0n) is 15.7. The van der Waals surface area contributed by atoms with Crippen LogP contribution in [0.5, 0.6) is 0 Å². The number of rotatable bonds is 5. The van der Waals surface area contributed by atoms with E-state index >= 15 is 0 Å². The van der Waals surface area contributed by atoms with E-state index in [4.69, 9.17) is 5.26 Å². The van der Waals surface area contributed by atoms with Gasteiger partial charge < -0.3 is 15.1 Å². The summed E-state index contributed by atoms with van der Waals surface area (Å²) in [7, 11) is 0. The molecule has 1 aliphatic rings. The molecule has 0 atom stereocenters. The molecule has 1 saturated heterocycles. The highest BCUT2D eigenvalue weighted by Crippen LogP contribution is 2.16. The van der Waals surface area contributed by atoms with Crippen molar-refractivity contribution in [3.63, 3.8) is 0 Å². The van der Waals surface area contributed by atoms with Crippen molar-refractivity contribution in [1.29, 1.82) is 5.26 Å². The first-order valence-electron chi connectivity index (χ1n) is 9.45. The van der Waals surface area contributed by atoms with E-state index < -0.39 is 0 Å². The van der Waals surface area contributed by atoms with Crippen LogP contribution >= 0.6 is 0 Å². The van der Waals surface area contributed by atoms with Gasteiger partial charge in [-0.15, -0.1) is 0 Å². The Bertz CT molecular complexity index is 787. The minimum atomic E-state index is -0.0660. The van der Waals surface area contributed by atoms with Gasteiger partial charge in [-0.05, 0) is 42.7 Å². The molecule has 2 aromatic rings. The number of nitriles is 1. The summed E-state index contributed by atoms with van der Waals surface area (Å²) in [5.41, 5.74) is 2.69. The molecule has 1 aromatic heterocycles. The molecule has 2 heterocycles. The SMILES string of the molecule is CCCCc1ccc(NC(=O)N2CCN(c3ccc(C#N)cn3)CC2)cc1. The largest absolute Gasteiger partial charge is 0.353 e. The van der Waals surface area contributed by atoms with Crippen molar-refractivity contribution in [2.45, 2.75) is 26.2 Å². The number of hydrogen-bond acceptors (Lipinski definition) is 4. The number of pyridine rings is 1. The van der Waals surface area contributed by atoms with Crippen LogP contribution in [0.1, 0.15) is 30.9 Å². The molecule has 3 rings (SSSR count). The van der Waals surface area contributed by atoms with Gasteiger partial charge in [0.2, 0.25) is 0 Å². The number of nitrogens with zero attached hydrogens (tertiary/aromatic N) is 4. The summed E-state index contributed by atoms with van der Waals surface area (Å²) in [6, 6.07) is 13.7. The zero-order chi connectivity index (χ0) is 19.1. The number of carbonyl (C=O) groups excluding carboxylic acids is 1.